The summed E-state index contributed by atoms with van der Waals surface area (Å²) in [6, 6.07) is 18.5. The molecule has 18 heavy (non-hydrogen) atoms. The Morgan fingerprint density at radius 1 is 0.944 bits per heavy atom. The summed E-state index contributed by atoms with van der Waals surface area (Å²) < 4.78 is 0. The molecular weight excluding hydrogens is 224 g/mol. The van der Waals surface area contributed by atoms with E-state index < -0.39 is 5.92 Å². The molecule has 0 aliphatic carbocycles. The predicted molar refractivity (Wildman–Crippen MR) is 70.0 cm³/mol. The number of hydrogen-bond donors (Lipinski definition) is 0. The summed E-state index contributed by atoms with van der Waals surface area (Å²) in [7, 11) is 0. The molecule has 1 radical (unpaired) electrons. The average molecular weight is 237 g/mol. The molecule has 2 rings (SSSR count). The lowest BCUT2D eigenvalue weighted by Gasteiger charge is -2.08. The molecule has 0 saturated carbocycles. The van der Waals surface area contributed by atoms with Crippen LogP contribution in [0.3, 0.4) is 0 Å². The molecule has 0 aliphatic heterocycles. The summed E-state index contributed by atoms with van der Waals surface area (Å²) >= 11 is 0. The Balaban J connectivity index is 2.14. The van der Waals surface area contributed by atoms with Gasteiger partial charge in [-0.15, -0.1) is 0 Å². The van der Waals surface area contributed by atoms with E-state index in [-0.39, 0.29) is 12.2 Å². The summed E-state index contributed by atoms with van der Waals surface area (Å²) in [5.74, 6) is -0.909. The van der Waals surface area contributed by atoms with Crippen molar-refractivity contribution in [3.8, 4) is 0 Å². The molecule has 0 spiro atoms. The number of Topliss-reactive ketones (excluding diaryl/α,β-unsaturated/α-hetero) is 1. The van der Waals surface area contributed by atoms with E-state index in [9.17, 15) is 9.59 Å². The minimum atomic E-state index is -0.786. The van der Waals surface area contributed by atoms with Gasteiger partial charge in [-0.25, -0.2) is 0 Å². The summed E-state index contributed by atoms with van der Waals surface area (Å²) in [6.45, 7) is 0. The van der Waals surface area contributed by atoms with Gasteiger partial charge in [-0.1, -0.05) is 60.7 Å². The Bertz CT molecular complexity index is 517. The van der Waals surface area contributed by atoms with Crippen molar-refractivity contribution < 1.29 is 9.59 Å². The molecule has 2 nitrogen and oxygen atoms in total. The molecule has 2 aromatic carbocycles. The highest BCUT2D eigenvalue weighted by atomic mass is 16.1. The fourth-order valence-corrected chi connectivity index (χ4v) is 1.86. The second-order valence-electron chi connectivity index (χ2n) is 4.09. The molecule has 1 unspecified atom stereocenters. The molecule has 0 heterocycles. The van der Waals surface area contributed by atoms with E-state index in [1.807, 2.05) is 54.8 Å². The SMILES string of the molecule is O=[C]C(C(=O)Cc1ccccc1)c1ccccc1. The van der Waals surface area contributed by atoms with E-state index in [1.165, 1.54) is 0 Å². The van der Waals surface area contributed by atoms with Gasteiger partial charge >= 0.3 is 0 Å². The van der Waals surface area contributed by atoms with E-state index in [0.717, 1.165) is 5.56 Å². The van der Waals surface area contributed by atoms with Crippen molar-refractivity contribution in [1.82, 2.24) is 0 Å². The van der Waals surface area contributed by atoms with E-state index in [0.29, 0.717) is 5.56 Å². The van der Waals surface area contributed by atoms with Gasteiger partial charge in [0.15, 0.2) is 5.78 Å². The average Bonchev–Trinajstić information content (AvgIpc) is 2.42. The Morgan fingerprint density at radius 3 is 2.06 bits per heavy atom. The van der Waals surface area contributed by atoms with Gasteiger partial charge in [-0.3, -0.25) is 9.59 Å². The number of ketones is 1. The van der Waals surface area contributed by atoms with E-state index in [4.69, 9.17) is 0 Å². The largest absolute Gasteiger partial charge is 0.298 e. The molecule has 2 aromatic rings. The molecule has 0 N–H and O–H groups in total. The Hall–Kier alpha value is -2.22. The third-order valence-electron chi connectivity index (χ3n) is 2.79. The first-order chi connectivity index (χ1) is 8.81. The topological polar surface area (TPSA) is 34.1 Å². The van der Waals surface area contributed by atoms with Crippen LogP contribution in [0, 0.1) is 0 Å². The van der Waals surface area contributed by atoms with Crippen molar-refractivity contribution >= 4 is 12.1 Å². The standard InChI is InChI=1S/C16H13O2/c17-12-15(14-9-5-2-6-10-14)16(18)11-13-7-3-1-4-8-13/h1-10,15H,11H2. The molecule has 1 atom stereocenters. The van der Waals surface area contributed by atoms with Crippen LogP contribution in [0.2, 0.25) is 0 Å². The van der Waals surface area contributed by atoms with Gasteiger partial charge in [0.2, 0.25) is 6.29 Å². The minimum absolute atomic E-state index is 0.123. The Labute approximate surface area is 106 Å². The smallest absolute Gasteiger partial charge is 0.214 e. The highest BCUT2D eigenvalue weighted by Gasteiger charge is 2.20. The van der Waals surface area contributed by atoms with Crippen molar-refractivity contribution in [1.29, 1.82) is 0 Å². The second kappa shape index (κ2) is 5.92. The first-order valence-electron chi connectivity index (χ1n) is 5.80. The van der Waals surface area contributed by atoms with Gasteiger partial charge in [-0.05, 0) is 11.1 Å². The van der Waals surface area contributed by atoms with Crippen molar-refractivity contribution in [3.05, 3.63) is 71.8 Å². The third-order valence-corrected chi connectivity index (χ3v) is 2.79. The zero-order valence-electron chi connectivity index (χ0n) is 9.87. The first kappa shape index (κ1) is 12.2. The second-order valence-corrected chi connectivity index (χ2v) is 4.09. The van der Waals surface area contributed by atoms with Crippen LogP contribution in [0.4, 0.5) is 0 Å². The maximum absolute atomic E-state index is 12.1. The number of carbonyl (C=O) groups is 1. The summed E-state index contributed by atoms with van der Waals surface area (Å²) in [4.78, 5) is 23.1. The normalized spacial score (nSPS) is 11.8. The van der Waals surface area contributed by atoms with Crippen LogP contribution in [0.15, 0.2) is 60.7 Å². The maximum atomic E-state index is 12.1. The highest BCUT2D eigenvalue weighted by Crippen LogP contribution is 2.16. The van der Waals surface area contributed by atoms with Crippen LogP contribution >= 0.6 is 0 Å². The van der Waals surface area contributed by atoms with Gasteiger partial charge < -0.3 is 0 Å². The third kappa shape index (κ3) is 2.92. The van der Waals surface area contributed by atoms with Crippen LogP contribution in [-0.4, -0.2) is 12.1 Å². The first-order valence-corrected chi connectivity index (χ1v) is 5.80. The molecule has 0 fully saturated rings. The van der Waals surface area contributed by atoms with Gasteiger partial charge in [-0.2, -0.15) is 0 Å². The number of hydrogen-bond acceptors (Lipinski definition) is 2. The zero-order chi connectivity index (χ0) is 12.8. The fourth-order valence-electron chi connectivity index (χ4n) is 1.86. The Kier molecular flexibility index (Phi) is 4.02. The van der Waals surface area contributed by atoms with Crippen LogP contribution < -0.4 is 0 Å². The quantitative estimate of drug-likeness (QED) is 0.749. The molecule has 2 heteroatoms. The summed E-state index contributed by atoms with van der Waals surface area (Å²) in [5, 5.41) is 0. The Morgan fingerprint density at radius 2 is 1.50 bits per heavy atom. The van der Waals surface area contributed by atoms with Gasteiger partial charge in [0.1, 0.15) is 5.92 Å². The van der Waals surface area contributed by atoms with E-state index in [2.05, 4.69) is 0 Å². The van der Waals surface area contributed by atoms with Crippen LogP contribution in [-0.2, 0) is 16.0 Å². The van der Waals surface area contributed by atoms with Crippen molar-refractivity contribution in [2.45, 2.75) is 12.3 Å². The molecule has 0 aromatic heterocycles. The fraction of sp³-hybridized carbons (Fsp3) is 0.125. The molecular formula is C16H13O2. The monoisotopic (exact) mass is 237 g/mol. The van der Waals surface area contributed by atoms with Crippen LogP contribution in [0.25, 0.3) is 0 Å². The number of rotatable bonds is 5. The lowest BCUT2D eigenvalue weighted by molar-refractivity contribution is -0.118. The zero-order valence-corrected chi connectivity index (χ0v) is 9.87. The van der Waals surface area contributed by atoms with Crippen molar-refractivity contribution in [2.75, 3.05) is 0 Å². The molecule has 0 aliphatic rings. The lowest BCUT2D eigenvalue weighted by atomic mass is 9.92. The minimum Gasteiger partial charge on any atom is -0.298 e. The van der Waals surface area contributed by atoms with Gasteiger partial charge in [0.05, 0.1) is 0 Å². The molecule has 0 saturated heterocycles. The lowest BCUT2D eigenvalue weighted by Crippen LogP contribution is -2.16. The predicted octanol–water partition coefficient (Wildman–Crippen LogP) is 2.69. The number of carbonyl (C=O) groups excluding carboxylic acids is 2. The van der Waals surface area contributed by atoms with Gasteiger partial charge in [0.25, 0.3) is 0 Å². The number of benzene rings is 2. The summed E-state index contributed by atoms with van der Waals surface area (Å²) in [6.07, 6.45) is 2.10. The van der Waals surface area contributed by atoms with E-state index >= 15 is 0 Å². The molecule has 89 valence electrons. The summed E-state index contributed by atoms with van der Waals surface area (Å²) in [5.41, 5.74) is 1.62. The van der Waals surface area contributed by atoms with Crippen molar-refractivity contribution in [2.24, 2.45) is 0 Å². The van der Waals surface area contributed by atoms with Crippen LogP contribution in [0.1, 0.15) is 17.0 Å². The van der Waals surface area contributed by atoms with Gasteiger partial charge in [0, 0.05) is 6.42 Å². The molecule has 0 amide bonds. The maximum Gasteiger partial charge on any atom is 0.214 e. The molecule has 0 bridgehead atoms. The highest BCUT2D eigenvalue weighted by molar-refractivity contribution is 6.00. The van der Waals surface area contributed by atoms with Crippen molar-refractivity contribution in [3.63, 3.8) is 0 Å². The van der Waals surface area contributed by atoms with Crippen LogP contribution in [0.5, 0.6) is 0 Å². The van der Waals surface area contributed by atoms with E-state index in [1.54, 1.807) is 12.1 Å².